The van der Waals surface area contributed by atoms with Gasteiger partial charge in [0.15, 0.2) is 0 Å². The average molecular weight is 293 g/mol. The van der Waals surface area contributed by atoms with Crippen molar-refractivity contribution in [3.63, 3.8) is 0 Å². The molecule has 0 aromatic heterocycles. The van der Waals surface area contributed by atoms with E-state index in [4.69, 9.17) is 9.47 Å². The number of hydrogen-bond donors (Lipinski definition) is 1. The van der Waals surface area contributed by atoms with E-state index >= 15 is 0 Å². The molecule has 0 saturated carbocycles. The first-order valence-corrected chi connectivity index (χ1v) is 7.59. The van der Waals surface area contributed by atoms with Crippen LogP contribution in [0.5, 0.6) is 5.75 Å². The summed E-state index contributed by atoms with van der Waals surface area (Å²) >= 11 is 0. The second kappa shape index (κ2) is 6.77. The van der Waals surface area contributed by atoms with E-state index in [0.717, 1.165) is 18.9 Å². The van der Waals surface area contributed by atoms with E-state index in [9.17, 15) is 5.11 Å². The van der Waals surface area contributed by atoms with Gasteiger partial charge in [-0.3, -0.25) is 4.90 Å². The van der Waals surface area contributed by atoms with E-state index in [-0.39, 0.29) is 5.54 Å². The van der Waals surface area contributed by atoms with Gasteiger partial charge in [0.05, 0.1) is 13.2 Å². The topological polar surface area (TPSA) is 41.9 Å². The minimum Gasteiger partial charge on any atom is -0.491 e. The summed E-state index contributed by atoms with van der Waals surface area (Å²) in [5.41, 5.74) is 2.42. The van der Waals surface area contributed by atoms with Crippen LogP contribution in [0.1, 0.15) is 25.0 Å². The van der Waals surface area contributed by atoms with Gasteiger partial charge in [0.1, 0.15) is 18.5 Å². The standard InChI is InChI=1S/C17H27NO3/c1-13-5-6-16(9-14(13)2)21-11-15(19)10-18-7-8-20-12-17(18,3)4/h5-6,9,15,19H,7-8,10-12H2,1-4H3. The van der Waals surface area contributed by atoms with Gasteiger partial charge in [0.2, 0.25) is 0 Å². The van der Waals surface area contributed by atoms with Gasteiger partial charge in [-0.1, -0.05) is 6.07 Å². The number of hydrogen-bond acceptors (Lipinski definition) is 4. The Kier molecular flexibility index (Phi) is 5.25. The number of ether oxygens (including phenoxy) is 2. The van der Waals surface area contributed by atoms with Crippen LogP contribution in [0.2, 0.25) is 0 Å². The van der Waals surface area contributed by atoms with Gasteiger partial charge in [-0.2, -0.15) is 0 Å². The van der Waals surface area contributed by atoms with Gasteiger partial charge in [0, 0.05) is 18.6 Å². The SMILES string of the molecule is Cc1ccc(OCC(O)CN2CCOCC2(C)C)cc1C. The maximum Gasteiger partial charge on any atom is 0.119 e. The van der Waals surface area contributed by atoms with Crippen LogP contribution >= 0.6 is 0 Å². The van der Waals surface area contributed by atoms with E-state index in [2.05, 4.69) is 32.6 Å². The quantitative estimate of drug-likeness (QED) is 0.903. The van der Waals surface area contributed by atoms with Crippen LogP contribution in [-0.4, -0.2) is 54.6 Å². The van der Waals surface area contributed by atoms with Crippen LogP contribution < -0.4 is 4.74 Å². The second-order valence-electron chi connectivity index (χ2n) is 6.52. The molecule has 1 aliphatic heterocycles. The first kappa shape index (κ1) is 16.3. The summed E-state index contributed by atoms with van der Waals surface area (Å²) in [5.74, 6) is 0.818. The highest BCUT2D eigenvalue weighted by Crippen LogP contribution is 2.20. The van der Waals surface area contributed by atoms with Crippen LogP contribution in [0, 0.1) is 13.8 Å². The molecule has 2 rings (SSSR count). The van der Waals surface area contributed by atoms with Gasteiger partial charge < -0.3 is 14.6 Å². The van der Waals surface area contributed by atoms with E-state index < -0.39 is 6.10 Å². The van der Waals surface area contributed by atoms with Gasteiger partial charge in [0.25, 0.3) is 0 Å². The molecule has 0 amide bonds. The predicted molar refractivity (Wildman–Crippen MR) is 83.9 cm³/mol. The van der Waals surface area contributed by atoms with Gasteiger partial charge in [-0.25, -0.2) is 0 Å². The van der Waals surface area contributed by atoms with E-state index in [1.54, 1.807) is 0 Å². The van der Waals surface area contributed by atoms with Crippen molar-refractivity contribution in [3.8, 4) is 5.75 Å². The first-order valence-electron chi connectivity index (χ1n) is 7.59. The van der Waals surface area contributed by atoms with Crippen molar-refractivity contribution in [2.45, 2.75) is 39.3 Å². The lowest BCUT2D eigenvalue weighted by molar-refractivity contribution is -0.0703. The Balaban J connectivity index is 1.84. The van der Waals surface area contributed by atoms with Crippen molar-refractivity contribution in [1.82, 2.24) is 4.90 Å². The number of aliphatic hydroxyl groups excluding tert-OH is 1. The van der Waals surface area contributed by atoms with Crippen molar-refractivity contribution in [2.24, 2.45) is 0 Å². The number of nitrogens with zero attached hydrogens (tertiary/aromatic N) is 1. The van der Waals surface area contributed by atoms with Crippen molar-refractivity contribution < 1.29 is 14.6 Å². The van der Waals surface area contributed by atoms with Gasteiger partial charge in [-0.05, 0) is 51.0 Å². The lowest BCUT2D eigenvalue weighted by atomic mass is 10.0. The molecule has 1 aliphatic rings. The summed E-state index contributed by atoms with van der Waals surface area (Å²) in [4.78, 5) is 2.27. The highest BCUT2D eigenvalue weighted by atomic mass is 16.5. The zero-order valence-corrected chi connectivity index (χ0v) is 13.6. The number of benzene rings is 1. The molecule has 1 fully saturated rings. The minimum absolute atomic E-state index is 0.0281. The molecule has 4 nitrogen and oxygen atoms in total. The third kappa shape index (κ3) is 4.43. The van der Waals surface area contributed by atoms with E-state index in [0.29, 0.717) is 19.8 Å². The third-order valence-corrected chi connectivity index (χ3v) is 4.17. The molecule has 0 radical (unpaired) electrons. The number of β-amino-alcohol motifs (C(OH)–C–C–N with tert-alkyl or cyclic N) is 1. The Morgan fingerprint density at radius 1 is 1.33 bits per heavy atom. The Bertz CT molecular complexity index is 473. The first-order chi connectivity index (χ1) is 9.88. The third-order valence-electron chi connectivity index (χ3n) is 4.17. The Morgan fingerprint density at radius 3 is 2.76 bits per heavy atom. The summed E-state index contributed by atoms with van der Waals surface area (Å²) in [6, 6.07) is 6.01. The lowest BCUT2D eigenvalue weighted by Gasteiger charge is -2.42. The van der Waals surface area contributed by atoms with Crippen LogP contribution in [0.4, 0.5) is 0 Å². The minimum atomic E-state index is -0.496. The highest BCUT2D eigenvalue weighted by molar-refractivity contribution is 5.33. The molecule has 0 aliphatic carbocycles. The van der Waals surface area contributed by atoms with Crippen molar-refractivity contribution in [2.75, 3.05) is 32.9 Å². The van der Waals surface area contributed by atoms with Gasteiger partial charge in [-0.15, -0.1) is 0 Å². The zero-order valence-electron chi connectivity index (χ0n) is 13.6. The molecular formula is C17H27NO3. The lowest BCUT2D eigenvalue weighted by Crippen LogP contribution is -2.55. The average Bonchev–Trinajstić information content (AvgIpc) is 2.42. The summed E-state index contributed by atoms with van der Waals surface area (Å²) in [6.45, 7) is 11.6. The molecule has 1 heterocycles. The Hall–Kier alpha value is -1.10. The number of aryl methyl sites for hydroxylation is 2. The largest absolute Gasteiger partial charge is 0.491 e. The van der Waals surface area contributed by atoms with Crippen LogP contribution in [-0.2, 0) is 4.74 Å². The Morgan fingerprint density at radius 2 is 2.10 bits per heavy atom. The fraction of sp³-hybridized carbons (Fsp3) is 0.647. The maximum atomic E-state index is 10.2. The molecule has 1 N–H and O–H groups in total. The number of rotatable bonds is 5. The highest BCUT2D eigenvalue weighted by Gasteiger charge is 2.31. The van der Waals surface area contributed by atoms with E-state index in [1.165, 1.54) is 11.1 Å². The molecule has 1 aromatic carbocycles. The van der Waals surface area contributed by atoms with Crippen molar-refractivity contribution in [3.05, 3.63) is 29.3 Å². The number of morpholine rings is 1. The monoisotopic (exact) mass is 293 g/mol. The molecule has 1 aromatic rings. The molecular weight excluding hydrogens is 266 g/mol. The fourth-order valence-electron chi connectivity index (χ4n) is 2.53. The van der Waals surface area contributed by atoms with Crippen LogP contribution in [0.3, 0.4) is 0 Å². The normalized spacial score (nSPS) is 20.2. The summed E-state index contributed by atoms with van der Waals surface area (Å²) in [7, 11) is 0. The molecule has 1 atom stereocenters. The summed E-state index contributed by atoms with van der Waals surface area (Å²) in [6.07, 6.45) is -0.496. The molecule has 0 bridgehead atoms. The molecule has 21 heavy (non-hydrogen) atoms. The van der Waals surface area contributed by atoms with Crippen LogP contribution in [0.15, 0.2) is 18.2 Å². The van der Waals surface area contributed by atoms with Crippen molar-refractivity contribution >= 4 is 0 Å². The Labute approximate surface area is 127 Å². The molecule has 1 unspecified atom stereocenters. The van der Waals surface area contributed by atoms with Gasteiger partial charge >= 0.3 is 0 Å². The fourth-order valence-corrected chi connectivity index (χ4v) is 2.53. The predicted octanol–water partition coefficient (Wildman–Crippen LogP) is 2.15. The molecule has 118 valence electrons. The maximum absolute atomic E-state index is 10.2. The molecule has 1 saturated heterocycles. The molecule has 4 heteroatoms. The smallest absolute Gasteiger partial charge is 0.119 e. The van der Waals surface area contributed by atoms with Crippen LogP contribution in [0.25, 0.3) is 0 Å². The number of aliphatic hydroxyl groups is 1. The molecule has 0 spiro atoms. The summed E-state index contributed by atoms with van der Waals surface area (Å²) in [5, 5.41) is 10.2. The van der Waals surface area contributed by atoms with E-state index in [1.807, 2.05) is 18.2 Å². The van der Waals surface area contributed by atoms with Crippen molar-refractivity contribution in [1.29, 1.82) is 0 Å². The second-order valence-corrected chi connectivity index (χ2v) is 6.52. The zero-order chi connectivity index (χ0) is 15.5. The summed E-state index contributed by atoms with van der Waals surface area (Å²) < 4.78 is 11.2.